The molecule has 0 saturated carbocycles. The van der Waals surface area contributed by atoms with Gasteiger partial charge in [0.25, 0.3) is 11.1 Å². The summed E-state index contributed by atoms with van der Waals surface area (Å²) >= 11 is 2.93. The Morgan fingerprint density at radius 1 is 1.03 bits per heavy atom. The Hall–Kier alpha value is -3.38. The van der Waals surface area contributed by atoms with Crippen LogP contribution in [0.25, 0.3) is 6.08 Å². The number of thioether (sulfide) groups is 1. The van der Waals surface area contributed by atoms with Crippen molar-refractivity contribution in [2.24, 2.45) is 0 Å². The number of amides is 3. The van der Waals surface area contributed by atoms with Crippen LogP contribution in [0.5, 0.6) is 11.5 Å². The van der Waals surface area contributed by atoms with E-state index in [-0.39, 0.29) is 23.9 Å². The summed E-state index contributed by atoms with van der Waals surface area (Å²) < 4.78 is 25.7. The number of hydrogen-bond acceptors (Lipinski definition) is 6. The van der Waals surface area contributed by atoms with Crippen molar-refractivity contribution in [1.82, 2.24) is 4.90 Å². The molecule has 0 atom stereocenters. The summed E-state index contributed by atoms with van der Waals surface area (Å²) in [5, 5.41) is 2.17. The van der Waals surface area contributed by atoms with E-state index in [0.29, 0.717) is 29.4 Å². The maximum absolute atomic E-state index is 13.1. The number of carbonyl (C=O) groups excluding carboxylic acids is 3. The summed E-state index contributed by atoms with van der Waals surface area (Å²) in [5.41, 5.74) is 2.01. The molecule has 3 aromatic carbocycles. The molecule has 1 saturated heterocycles. The van der Waals surface area contributed by atoms with E-state index in [9.17, 15) is 18.8 Å². The van der Waals surface area contributed by atoms with Crippen LogP contribution in [0.1, 0.15) is 18.1 Å². The lowest BCUT2D eigenvalue weighted by molar-refractivity contribution is -0.127. The van der Waals surface area contributed by atoms with Gasteiger partial charge in [0.1, 0.15) is 19.0 Å². The van der Waals surface area contributed by atoms with E-state index < -0.39 is 17.1 Å². The van der Waals surface area contributed by atoms with Crippen molar-refractivity contribution >= 4 is 63.2 Å². The highest BCUT2D eigenvalue weighted by molar-refractivity contribution is 14.1. The van der Waals surface area contributed by atoms with Gasteiger partial charge >= 0.3 is 0 Å². The number of nitrogens with zero attached hydrogens (tertiary/aromatic N) is 1. The molecule has 1 aliphatic rings. The van der Waals surface area contributed by atoms with Gasteiger partial charge < -0.3 is 14.8 Å². The largest absolute Gasteiger partial charge is 0.490 e. The molecule has 0 unspecified atom stereocenters. The Kier molecular flexibility index (Phi) is 8.82. The first-order valence-electron chi connectivity index (χ1n) is 11.3. The molecule has 0 radical (unpaired) electrons. The zero-order chi connectivity index (χ0) is 26.4. The normalized spacial score (nSPS) is 14.2. The van der Waals surface area contributed by atoms with Gasteiger partial charge in [0.15, 0.2) is 11.5 Å². The summed E-state index contributed by atoms with van der Waals surface area (Å²) in [6.07, 6.45) is 1.58. The average molecular weight is 632 g/mol. The molecule has 0 aromatic heterocycles. The SMILES string of the molecule is CCOc1cc(/C=C2\SC(=O)N(CC(=O)Nc3ccc(I)cc3)C2=O)ccc1OCc1ccc(F)cc1. The molecular weight excluding hydrogens is 610 g/mol. The first kappa shape index (κ1) is 26.7. The first-order valence-corrected chi connectivity index (χ1v) is 13.2. The standard InChI is InChI=1S/C27H22FIN2O5S/c1-2-35-23-13-18(5-12-22(23)36-16-17-3-6-19(28)7-4-17)14-24-26(33)31(27(34)37-24)15-25(32)30-21-10-8-20(29)9-11-21/h3-14H,2,15-16H2,1H3,(H,30,32)/b24-14-. The van der Waals surface area contributed by atoms with E-state index in [0.717, 1.165) is 25.8 Å². The molecule has 37 heavy (non-hydrogen) atoms. The zero-order valence-electron chi connectivity index (χ0n) is 19.7. The maximum atomic E-state index is 13.1. The number of benzene rings is 3. The van der Waals surface area contributed by atoms with Crippen molar-refractivity contribution in [3.63, 3.8) is 0 Å². The van der Waals surface area contributed by atoms with E-state index in [4.69, 9.17) is 9.47 Å². The molecule has 1 aliphatic heterocycles. The van der Waals surface area contributed by atoms with Crippen LogP contribution in [0.3, 0.4) is 0 Å². The van der Waals surface area contributed by atoms with Gasteiger partial charge in [-0.15, -0.1) is 0 Å². The number of halogens is 2. The molecule has 0 aliphatic carbocycles. The summed E-state index contributed by atoms with van der Waals surface area (Å²) in [6, 6.07) is 18.3. The monoisotopic (exact) mass is 632 g/mol. The number of hydrogen-bond donors (Lipinski definition) is 1. The quantitative estimate of drug-likeness (QED) is 0.227. The second kappa shape index (κ2) is 12.2. The molecule has 4 rings (SSSR count). The Bertz CT molecular complexity index is 1350. The lowest BCUT2D eigenvalue weighted by atomic mass is 10.1. The fourth-order valence-electron chi connectivity index (χ4n) is 3.41. The predicted molar refractivity (Wildman–Crippen MR) is 149 cm³/mol. The van der Waals surface area contributed by atoms with Gasteiger partial charge in [-0.2, -0.15) is 0 Å². The molecule has 1 N–H and O–H groups in total. The van der Waals surface area contributed by atoms with Gasteiger partial charge in [0, 0.05) is 9.26 Å². The number of imide groups is 1. The molecule has 3 amide bonds. The molecule has 190 valence electrons. The van der Waals surface area contributed by atoms with Crippen LogP contribution in [0, 0.1) is 9.39 Å². The average Bonchev–Trinajstić information content (AvgIpc) is 3.13. The highest BCUT2D eigenvalue weighted by atomic mass is 127. The third-order valence-corrected chi connectivity index (χ3v) is 6.80. The third-order valence-electron chi connectivity index (χ3n) is 5.18. The van der Waals surface area contributed by atoms with Crippen LogP contribution in [0.2, 0.25) is 0 Å². The second-order valence-corrected chi connectivity index (χ2v) is 10.1. The second-order valence-electron chi connectivity index (χ2n) is 7.88. The number of rotatable bonds is 9. The van der Waals surface area contributed by atoms with E-state index in [1.165, 1.54) is 12.1 Å². The van der Waals surface area contributed by atoms with Crippen molar-refractivity contribution in [2.45, 2.75) is 13.5 Å². The third kappa shape index (κ3) is 7.10. The Morgan fingerprint density at radius 2 is 1.76 bits per heavy atom. The minimum Gasteiger partial charge on any atom is -0.490 e. The topological polar surface area (TPSA) is 84.9 Å². The van der Waals surface area contributed by atoms with Gasteiger partial charge in [0.2, 0.25) is 5.91 Å². The van der Waals surface area contributed by atoms with Crippen molar-refractivity contribution in [3.8, 4) is 11.5 Å². The van der Waals surface area contributed by atoms with Crippen molar-refractivity contribution < 1.29 is 28.2 Å². The lowest BCUT2D eigenvalue weighted by Crippen LogP contribution is -2.36. The Labute approximate surface area is 231 Å². The Balaban J connectivity index is 1.44. The van der Waals surface area contributed by atoms with Crippen LogP contribution in [-0.2, 0) is 16.2 Å². The van der Waals surface area contributed by atoms with Crippen LogP contribution in [0.15, 0.2) is 71.6 Å². The maximum Gasteiger partial charge on any atom is 0.294 e. The molecule has 1 fully saturated rings. The Morgan fingerprint density at radius 3 is 2.46 bits per heavy atom. The molecule has 3 aromatic rings. The molecule has 0 spiro atoms. The lowest BCUT2D eigenvalue weighted by Gasteiger charge is -2.13. The van der Waals surface area contributed by atoms with E-state index >= 15 is 0 Å². The summed E-state index contributed by atoms with van der Waals surface area (Å²) in [7, 11) is 0. The molecule has 7 nitrogen and oxygen atoms in total. The fraction of sp³-hybridized carbons (Fsp3) is 0.148. The number of anilines is 1. The van der Waals surface area contributed by atoms with Crippen LogP contribution >= 0.6 is 34.4 Å². The number of ether oxygens (including phenoxy) is 2. The van der Waals surface area contributed by atoms with E-state index in [1.807, 2.05) is 19.1 Å². The minimum absolute atomic E-state index is 0.203. The molecule has 0 bridgehead atoms. The van der Waals surface area contributed by atoms with Crippen LogP contribution in [0.4, 0.5) is 14.9 Å². The fourth-order valence-corrected chi connectivity index (χ4v) is 4.61. The number of nitrogens with one attached hydrogen (secondary N) is 1. The predicted octanol–water partition coefficient (Wildman–Crippen LogP) is 6.08. The van der Waals surface area contributed by atoms with Crippen LogP contribution < -0.4 is 14.8 Å². The van der Waals surface area contributed by atoms with Gasteiger partial charge in [-0.3, -0.25) is 19.3 Å². The zero-order valence-corrected chi connectivity index (χ0v) is 22.7. The summed E-state index contributed by atoms with van der Waals surface area (Å²) in [4.78, 5) is 38.9. The highest BCUT2D eigenvalue weighted by Crippen LogP contribution is 2.35. The van der Waals surface area contributed by atoms with Crippen LogP contribution in [-0.4, -0.2) is 35.1 Å². The van der Waals surface area contributed by atoms with Gasteiger partial charge in [-0.25, -0.2) is 4.39 Å². The smallest absolute Gasteiger partial charge is 0.294 e. The van der Waals surface area contributed by atoms with Crippen molar-refractivity contribution in [3.05, 3.63) is 92.1 Å². The van der Waals surface area contributed by atoms with E-state index in [2.05, 4.69) is 27.9 Å². The van der Waals surface area contributed by atoms with E-state index in [1.54, 1.807) is 48.5 Å². The molecular formula is C27H22FIN2O5S. The highest BCUT2D eigenvalue weighted by Gasteiger charge is 2.36. The minimum atomic E-state index is -0.539. The number of carbonyl (C=O) groups is 3. The van der Waals surface area contributed by atoms with Gasteiger partial charge in [0.05, 0.1) is 11.5 Å². The first-order chi connectivity index (χ1) is 17.8. The van der Waals surface area contributed by atoms with Crippen molar-refractivity contribution in [1.29, 1.82) is 0 Å². The van der Waals surface area contributed by atoms with Gasteiger partial charge in [-0.05, 0) is 107 Å². The summed E-state index contributed by atoms with van der Waals surface area (Å²) in [6.45, 7) is 2.07. The molecule has 1 heterocycles. The van der Waals surface area contributed by atoms with Gasteiger partial charge in [-0.1, -0.05) is 18.2 Å². The molecule has 10 heteroatoms. The van der Waals surface area contributed by atoms with Crippen molar-refractivity contribution in [2.75, 3.05) is 18.5 Å². The summed E-state index contributed by atoms with van der Waals surface area (Å²) in [5.74, 6) is -0.370.